The van der Waals surface area contributed by atoms with E-state index in [-0.39, 0.29) is 23.8 Å². The third kappa shape index (κ3) is 5.26. The summed E-state index contributed by atoms with van der Waals surface area (Å²) >= 11 is 0. The molecule has 0 bridgehead atoms. The molecule has 1 aliphatic heterocycles. The molecule has 1 saturated heterocycles. The second-order valence-electron chi connectivity index (χ2n) is 6.53. The fourth-order valence-corrected chi connectivity index (χ4v) is 3.14. The zero-order chi connectivity index (χ0) is 17.5. The van der Waals surface area contributed by atoms with Crippen molar-refractivity contribution in [3.05, 3.63) is 35.6 Å². The number of hydrogen-bond acceptors (Lipinski definition) is 4. The molecule has 1 aliphatic rings. The van der Waals surface area contributed by atoms with Crippen LogP contribution in [-0.2, 0) is 16.1 Å². The maximum atomic E-state index is 13.3. The van der Waals surface area contributed by atoms with Crippen molar-refractivity contribution < 1.29 is 13.9 Å². The second kappa shape index (κ2) is 9.11. The molecule has 134 valence electrons. The van der Waals surface area contributed by atoms with E-state index >= 15 is 0 Å². The van der Waals surface area contributed by atoms with Gasteiger partial charge in [0.1, 0.15) is 5.82 Å². The van der Waals surface area contributed by atoms with E-state index in [4.69, 9.17) is 4.74 Å². The van der Waals surface area contributed by atoms with Gasteiger partial charge in [-0.15, -0.1) is 0 Å². The number of nitrogens with one attached hydrogen (secondary N) is 2. The van der Waals surface area contributed by atoms with Gasteiger partial charge in [-0.25, -0.2) is 4.39 Å². The predicted octanol–water partition coefficient (Wildman–Crippen LogP) is 1.53. The molecule has 1 fully saturated rings. The zero-order valence-corrected chi connectivity index (χ0v) is 14.7. The Morgan fingerprint density at radius 1 is 1.46 bits per heavy atom. The van der Waals surface area contributed by atoms with Crippen molar-refractivity contribution in [2.75, 3.05) is 26.8 Å². The Balaban J connectivity index is 1.90. The van der Waals surface area contributed by atoms with Crippen LogP contribution in [0.3, 0.4) is 0 Å². The number of nitrogens with zero attached hydrogens (tertiary/aromatic N) is 1. The molecule has 0 spiro atoms. The van der Waals surface area contributed by atoms with Crippen LogP contribution < -0.4 is 10.6 Å². The first-order valence-corrected chi connectivity index (χ1v) is 8.51. The van der Waals surface area contributed by atoms with Gasteiger partial charge in [-0.05, 0) is 38.0 Å². The molecule has 24 heavy (non-hydrogen) atoms. The molecule has 6 heteroatoms. The number of likely N-dealkylation sites (tertiary alicyclic amines) is 1. The normalized spacial score (nSPS) is 21.4. The van der Waals surface area contributed by atoms with Crippen molar-refractivity contribution >= 4 is 5.91 Å². The molecule has 2 atom stereocenters. The minimum absolute atomic E-state index is 0.0517. The monoisotopic (exact) mass is 337 g/mol. The van der Waals surface area contributed by atoms with Crippen LogP contribution in [0.5, 0.6) is 0 Å². The van der Waals surface area contributed by atoms with Gasteiger partial charge in [-0.1, -0.05) is 12.1 Å². The molecule has 0 aromatic heterocycles. The van der Waals surface area contributed by atoms with Gasteiger partial charge in [0.05, 0.1) is 12.6 Å². The third-order valence-electron chi connectivity index (χ3n) is 4.39. The summed E-state index contributed by atoms with van der Waals surface area (Å²) in [6.45, 7) is 6.66. The topological polar surface area (TPSA) is 53.6 Å². The van der Waals surface area contributed by atoms with Crippen LogP contribution in [0.15, 0.2) is 24.3 Å². The van der Waals surface area contributed by atoms with E-state index in [9.17, 15) is 9.18 Å². The molecule has 5 nitrogen and oxygen atoms in total. The van der Waals surface area contributed by atoms with Gasteiger partial charge in [0.15, 0.2) is 0 Å². The summed E-state index contributed by atoms with van der Waals surface area (Å²) in [5, 5.41) is 6.38. The number of amides is 1. The number of carbonyl (C=O) groups is 1. The zero-order valence-electron chi connectivity index (χ0n) is 14.7. The van der Waals surface area contributed by atoms with Gasteiger partial charge in [0.2, 0.25) is 5.91 Å². The minimum Gasteiger partial charge on any atom is -0.383 e. The Labute approximate surface area is 143 Å². The van der Waals surface area contributed by atoms with E-state index in [1.165, 1.54) is 12.1 Å². The Bertz CT molecular complexity index is 539. The summed E-state index contributed by atoms with van der Waals surface area (Å²) in [6.07, 6.45) is 0.756. The van der Waals surface area contributed by atoms with Crippen LogP contribution in [0, 0.1) is 5.82 Å². The van der Waals surface area contributed by atoms with Crippen LogP contribution in [0.1, 0.15) is 25.8 Å². The number of hydrogen-bond donors (Lipinski definition) is 2. The predicted molar refractivity (Wildman–Crippen MR) is 92.2 cm³/mol. The van der Waals surface area contributed by atoms with Gasteiger partial charge in [0, 0.05) is 38.8 Å². The number of halogens is 1. The molecule has 0 saturated carbocycles. The molecule has 2 rings (SSSR count). The van der Waals surface area contributed by atoms with Gasteiger partial charge in [-0.3, -0.25) is 9.69 Å². The van der Waals surface area contributed by atoms with Crippen molar-refractivity contribution in [3.63, 3.8) is 0 Å². The average Bonchev–Trinajstić information content (AvgIpc) is 2.98. The van der Waals surface area contributed by atoms with E-state index in [0.29, 0.717) is 25.7 Å². The fraction of sp³-hybridized carbons (Fsp3) is 0.611. The Hall–Kier alpha value is -1.50. The number of ether oxygens (including phenoxy) is 1. The Morgan fingerprint density at radius 3 is 2.92 bits per heavy atom. The first kappa shape index (κ1) is 18.8. The molecule has 0 radical (unpaired) electrons. The molecule has 1 amide bonds. The molecule has 1 aromatic carbocycles. The maximum Gasteiger partial charge on any atom is 0.237 e. The third-order valence-corrected chi connectivity index (χ3v) is 4.39. The van der Waals surface area contributed by atoms with E-state index < -0.39 is 0 Å². The lowest BCUT2D eigenvalue weighted by molar-refractivity contribution is -0.126. The number of rotatable bonds is 8. The lowest BCUT2D eigenvalue weighted by Gasteiger charge is -2.27. The molecule has 0 unspecified atom stereocenters. The van der Waals surface area contributed by atoms with Gasteiger partial charge in [0.25, 0.3) is 0 Å². The van der Waals surface area contributed by atoms with E-state index in [2.05, 4.69) is 29.4 Å². The van der Waals surface area contributed by atoms with Crippen molar-refractivity contribution in [2.45, 2.75) is 44.9 Å². The van der Waals surface area contributed by atoms with Crippen LogP contribution >= 0.6 is 0 Å². The highest BCUT2D eigenvalue weighted by Crippen LogP contribution is 2.21. The summed E-state index contributed by atoms with van der Waals surface area (Å²) in [7, 11) is 1.62. The van der Waals surface area contributed by atoms with Crippen molar-refractivity contribution in [3.8, 4) is 0 Å². The molecule has 2 N–H and O–H groups in total. The quantitative estimate of drug-likeness (QED) is 0.707. The van der Waals surface area contributed by atoms with Crippen LogP contribution in [0.2, 0.25) is 0 Å². The smallest absolute Gasteiger partial charge is 0.237 e. The van der Waals surface area contributed by atoms with Crippen molar-refractivity contribution in [1.29, 1.82) is 0 Å². The minimum atomic E-state index is -0.222. The van der Waals surface area contributed by atoms with Crippen molar-refractivity contribution in [2.24, 2.45) is 0 Å². The van der Waals surface area contributed by atoms with Gasteiger partial charge in [-0.2, -0.15) is 0 Å². The molecular formula is C18H28FN3O2. The SMILES string of the molecule is COCCNC(=O)[C@@H]1C[C@@H](NCc2cccc(F)c2)CN1C(C)C. The second-order valence-corrected chi connectivity index (χ2v) is 6.53. The average molecular weight is 337 g/mol. The Kier molecular flexibility index (Phi) is 7.15. The van der Waals surface area contributed by atoms with E-state index in [1.807, 2.05) is 6.07 Å². The number of methoxy groups -OCH3 is 1. The summed E-state index contributed by atoms with van der Waals surface area (Å²) < 4.78 is 18.2. The first-order chi connectivity index (χ1) is 11.5. The summed E-state index contributed by atoms with van der Waals surface area (Å²) in [5.74, 6) is -0.171. The lowest BCUT2D eigenvalue weighted by Crippen LogP contribution is -2.46. The number of benzene rings is 1. The molecule has 1 aromatic rings. The van der Waals surface area contributed by atoms with E-state index in [0.717, 1.165) is 18.5 Å². The standard InChI is InChI=1S/C18H28FN3O2/c1-13(2)22-12-16(10-17(22)18(23)20-7-8-24-3)21-11-14-5-4-6-15(19)9-14/h4-6,9,13,16-17,21H,7-8,10-12H2,1-3H3,(H,20,23)/t16-,17+/m1/s1. The highest BCUT2D eigenvalue weighted by molar-refractivity contribution is 5.82. The molecule has 0 aliphatic carbocycles. The first-order valence-electron chi connectivity index (χ1n) is 8.51. The summed E-state index contributed by atoms with van der Waals surface area (Å²) in [5.41, 5.74) is 0.916. The molecular weight excluding hydrogens is 309 g/mol. The largest absolute Gasteiger partial charge is 0.383 e. The maximum absolute atomic E-state index is 13.3. The summed E-state index contributed by atoms with van der Waals surface area (Å²) in [6, 6.07) is 6.98. The summed E-state index contributed by atoms with van der Waals surface area (Å²) in [4.78, 5) is 14.6. The molecule has 1 heterocycles. The van der Waals surface area contributed by atoms with Crippen LogP contribution in [0.4, 0.5) is 4.39 Å². The number of carbonyl (C=O) groups excluding carboxylic acids is 1. The Morgan fingerprint density at radius 2 is 2.25 bits per heavy atom. The van der Waals surface area contributed by atoms with Crippen LogP contribution in [0.25, 0.3) is 0 Å². The van der Waals surface area contributed by atoms with E-state index in [1.54, 1.807) is 13.2 Å². The highest BCUT2D eigenvalue weighted by atomic mass is 19.1. The van der Waals surface area contributed by atoms with Gasteiger partial charge >= 0.3 is 0 Å². The van der Waals surface area contributed by atoms with Crippen molar-refractivity contribution in [1.82, 2.24) is 15.5 Å². The van der Waals surface area contributed by atoms with Crippen LogP contribution in [-0.4, -0.2) is 55.7 Å². The van der Waals surface area contributed by atoms with Gasteiger partial charge < -0.3 is 15.4 Å². The lowest BCUT2D eigenvalue weighted by atomic mass is 10.1. The fourth-order valence-electron chi connectivity index (χ4n) is 3.14. The highest BCUT2D eigenvalue weighted by Gasteiger charge is 2.37.